The van der Waals surface area contributed by atoms with Crippen LogP contribution in [0.1, 0.15) is 71.1 Å². The van der Waals surface area contributed by atoms with Gasteiger partial charge in [0.25, 0.3) is 0 Å². The van der Waals surface area contributed by atoms with Crippen LogP contribution in [0.4, 0.5) is 0 Å². The van der Waals surface area contributed by atoms with Crippen LogP contribution in [0, 0.1) is 5.92 Å². The Morgan fingerprint density at radius 3 is 2.88 bits per heavy atom. The standard InChI is InChI=1S/C15H29N/c1-2-3-7-14-9-6-10-15(12-11-14)8-4-5-13-16/h8,14H,2-7,9-13,16H2,1H3/b15-8-. The molecule has 1 fully saturated rings. The summed E-state index contributed by atoms with van der Waals surface area (Å²) < 4.78 is 0. The molecule has 1 aliphatic rings. The summed E-state index contributed by atoms with van der Waals surface area (Å²) in [6.45, 7) is 3.14. The lowest BCUT2D eigenvalue weighted by Gasteiger charge is -2.12. The Morgan fingerprint density at radius 2 is 2.12 bits per heavy atom. The third-order valence-corrected chi connectivity index (χ3v) is 3.79. The van der Waals surface area contributed by atoms with Crippen molar-refractivity contribution in [3.05, 3.63) is 11.6 Å². The number of nitrogens with two attached hydrogens (primary N) is 1. The van der Waals surface area contributed by atoms with Gasteiger partial charge in [-0.2, -0.15) is 0 Å². The van der Waals surface area contributed by atoms with E-state index in [9.17, 15) is 0 Å². The fraction of sp³-hybridized carbons (Fsp3) is 0.867. The molecule has 0 amide bonds. The van der Waals surface area contributed by atoms with Crippen molar-refractivity contribution in [2.45, 2.75) is 71.1 Å². The molecule has 0 heterocycles. The molecule has 1 nitrogen and oxygen atoms in total. The summed E-state index contributed by atoms with van der Waals surface area (Å²) in [5, 5.41) is 0. The molecule has 0 bridgehead atoms. The molecule has 1 rings (SSSR count). The smallest absolute Gasteiger partial charge is 0.00743 e. The second-order valence-corrected chi connectivity index (χ2v) is 5.23. The van der Waals surface area contributed by atoms with Crippen LogP contribution >= 0.6 is 0 Å². The molecule has 1 saturated carbocycles. The fourth-order valence-corrected chi connectivity index (χ4v) is 2.69. The summed E-state index contributed by atoms with van der Waals surface area (Å²) in [6, 6.07) is 0. The van der Waals surface area contributed by atoms with E-state index in [0.717, 1.165) is 18.9 Å². The molecule has 0 radical (unpaired) electrons. The molecule has 0 spiro atoms. The van der Waals surface area contributed by atoms with Crippen LogP contribution < -0.4 is 5.73 Å². The molecular formula is C15H29N. The first-order valence-corrected chi connectivity index (χ1v) is 7.24. The number of unbranched alkanes of at least 4 members (excludes halogenated alkanes) is 2. The van der Waals surface area contributed by atoms with Gasteiger partial charge in [-0.15, -0.1) is 0 Å². The van der Waals surface area contributed by atoms with Crippen molar-refractivity contribution < 1.29 is 0 Å². The van der Waals surface area contributed by atoms with Gasteiger partial charge in [-0.05, 0) is 51.0 Å². The first-order chi connectivity index (χ1) is 7.86. The molecule has 16 heavy (non-hydrogen) atoms. The predicted molar refractivity (Wildman–Crippen MR) is 72.5 cm³/mol. The fourth-order valence-electron chi connectivity index (χ4n) is 2.69. The summed E-state index contributed by atoms with van der Waals surface area (Å²) >= 11 is 0. The number of hydrogen-bond acceptors (Lipinski definition) is 1. The van der Waals surface area contributed by atoms with Crippen LogP contribution in [-0.2, 0) is 0 Å². The molecule has 0 aromatic carbocycles. The lowest BCUT2D eigenvalue weighted by Crippen LogP contribution is -1.98. The molecule has 1 atom stereocenters. The zero-order chi connectivity index (χ0) is 11.6. The molecule has 0 aliphatic heterocycles. The SMILES string of the molecule is CCCCC1CCC/C(=C/CCCN)CC1. The Kier molecular flexibility index (Phi) is 7.58. The minimum atomic E-state index is 0.836. The third kappa shape index (κ3) is 5.69. The topological polar surface area (TPSA) is 26.0 Å². The summed E-state index contributed by atoms with van der Waals surface area (Å²) in [6.07, 6.45) is 16.1. The van der Waals surface area contributed by atoms with Crippen LogP contribution in [0.25, 0.3) is 0 Å². The van der Waals surface area contributed by atoms with Crippen molar-refractivity contribution in [2.24, 2.45) is 11.7 Å². The van der Waals surface area contributed by atoms with Gasteiger partial charge < -0.3 is 5.73 Å². The Labute approximate surface area is 101 Å². The van der Waals surface area contributed by atoms with E-state index >= 15 is 0 Å². The summed E-state index contributed by atoms with van der Waals surface area (Å²) in [5.74, 6) is 1.01. The Morgan fingerprint density at radius 1 is 1.25 bits per heavy atom. The van der Waals surface area contributed by atoms with E-state index in [2.05, 4.69) is 13.0 Å². The van der Waals surface area contributed by atoms with Gasteiger partial charge in [-0.25, -0.2) is 0 Å². The summed E-state index contributed by atoms with van der Waals surface area (Å²) in [7, 11) is 0. The zero-order valence-electron chi connectivity index (χ0n) is 11.0. The molecule has 2 N–H and O–H groups in total. The monoisotopic (exact) mass is 223 g/mol. The van der Waals surface area contributed by atoms with Gasteiger partial charge in [0.05, 0.1) is 0 Å². The van der Waals surface area contributed by atoms with Crippen LogP contribution in [0.2, 0.25) is 0 Å². The Balaban J connectivity index is 2.25. The largest absolute Gasteiger partial charge is 0.330 e. The summed E-state index contributed by atoms with van der Waals surface area (Å²) in [4.78, 5) is 0. The van der Waals surface area contributed by atoms with Gasteiger partial charge >= 0.3 is 0 Å². The van der Waals surface area contributed by atoms with Gasteiger partial charge in [0.15, 0.2) is 0 Å². The molecule has 0 aromatic heterocycles. The molecule has 1 heteroatoms. The first-order valence-electron chi connectivity index (χ1n) is 7.24. The molecule has 1 aliphatic carbocycles. The molecule has 0 aromatic rings. The molecule has 94 valence electrons. The van der Waals surface area contributed by atoms with Gasteiger partial charge in [0.2, 0.25) is 0 Å². The second-order valence-electron chi connectivity index (χ2n) is 5.23. The van der Waals surface area contributed by atoms with Crippen LogP contribution in [0.3, 0.4) is 0 Å². The predicted octanol–water partition coefficient (Wildman–Crippen LogP) is 4.42. The maximum atomic E-state index is 5.52. The molecule has 0 saturated heterocycles. The van der Waals surface area contributed by atoms with Gasteiger partial charge in [0.1, 0.15) is 0 Å². The van der Waals surface area contributed by atoms with Gasteiger partial charge in [-0.1, -0.05) is 44.3 Å². The van der Waals surface area contributed by atoms with Gasteiger partial charge in [0, 0.05) is 0 Å². The summed E-state index contributed by atoms with van der Waals surface area (Å²) in [5.41, 5.74) is 7.24. The highest BCUT2D eigenvalue weighted by atomic mass is 14.5. The minimum Gasteiger partial charge on any atom is -0.330 e. The normalized spacial score (nSPS) is 24.6. The van der Waals surface area contributed by atoms with E-state index in [-0.39, 0.29) is 0 Å². The lowest BCUT2D eigenvalue weighted by molar-refractivity contribution is 0.415. The average molecular weight is 223 g/mol. The zero-order valence-corrected chi connectivity index (χ0v) is 11.0. The van der Waals surface area contributed by atoms with Crippen molar-refractivity contribution in [1.82, 2.24) is 0 Å². The number of allylic oxidation sites excluding steroid dienone is 2. The van der Waals surface area contributed by atoms with Crippen molar-refractivity contribution in [3.8, 4) is 0 Å². The van der Waals surface area contributed by atoms with Crippen molar-refractivity contribution in [3.63, 3.8) is 0 Å². The van der Waals surface area contributed by atoms with Crippen LogP contribution in [-0.4, -0.2) is 6.54 Å². The highest BCUT2D eigenvalue weighted by molar-refractivity contribution is 5.03. The maximum absolute atomic E-state index is 5.52. The van der Waals surface area contributed by atoms with Gasteiger partial charge in [-0.3, -0.25) is 0 Å². The van der Waals surface area contributed by atoms with E-state index in [0.29, 0.717) is 0 Å². The first kappa shape index (κ1) is 13.8. The average Bonchev–Trinajstić information content (AvgIpc) is 2.52. The quantitative estimate of drug-likeness (QED) is 0.402. The van der Waals surface area contributed by atoms with Crippen molar-refractivity contribution >= 4 is 0 Å². The molecule has 1 unspecified atom stereocenters. The van der Waals surface area contributed by atoms with E-state index < -0.39 is 0 Å². The van der Waals surface area contributed by atoms with Crippen LogP contribution in [0.15, 0.2) is 11.6 Å². The van der Waals surface area contributed by atoms with E-state index in [4.69, 9.17) is 5.73 Å². The highest BCUT2D eigenvalue weighted by Gasteiger charge is 2.13. The Bertz CT molecular complexity index is 196. The van der Waals surface area contributed by atoms with Crippen molar-refractivity contribution in [2.75, 3.05) is 6.54 Å². The van der Waals surface area contributed by atoms with Crippen LogP contribution in [0.5, 0.6) is 0 Å². The third-order valence-electron chi connectivity index (χ3n) is 3.79. The van der Waals surface area contributed by atoms with E-state index in [1.807, 2.05) is 0 Å². The minimum absolute atomic E-state index is 0.836. The van der Waals surface area contributed by atoms with E-state index in [1.165, 1.54) is 57.8 Å². The highest BCUT2D eigenvalue weighted by Crippen LogP contribution is 2.30. The second kappa shape index (κ2) is 8.81. The van der Waals surface area contributed by atoms with E-state index in [1.54, 1.807) is 5.57 Å². The lowest BCUT2D eigenvalue weighted by atomic mass is 9.94. The Hall–Kier alpha value is -0.300. The molecular weight excluding hydrogens is 194 g/mol. The van der Waals surface area contributed by atoms with Crippen molar-refractivity contribution in [1.29, 1.82) is 0 Å². The number of rotatable bonds is 6. The number of hydrogen-bond donors (Lipinski definition) is 1. The maximum Gasteiger partial charge on any atom is -0.00743 e.